The normalized spacial score (nSPS) is 10.0. The Labute approximate surface area is 142 Å². The second-order valence-electron chi connectivity index (χ2n) is 5.86. The number of aryl methyl sites for hydroxylation is 1. The molecule has 0 spiro atoms. The van der Waals surface area contributed by atoms with Crippen molar-refractivity contribution in [2.24, 2.45) is 0 Å². The molecule has 0 atom stereocenters. The van der Waals surface area contributed by atoms with Crippen LogP contribution >= 0.6 is 0 Å². The molecule has 114 valence electrons. The maximum absolute atomic E-state index is 9.27. The van der Waals surface area contributed by atoms with Gasteiger partial charge in [0, 0.05) is 0 Å². The van der Waals surface area contributed by atoms with E-state index < -0.39 is 0 Å². The minimum Gasteiger partial charge on any atom is -0.192 e. The van der Waals surface area contributed by atoms with E-state index in [2.05, 4.69) is 55.5 Å². The average Bonchev–Trinajstić information content (AvgIpc) is 2.63. The number of rotatable bonds is 2. The van der Waals surface area contributed by atoms with Crippen molar-refractivity contribution in [2.75, 3.05) is 0 Å². The first kappa shape index (κ1) is 15.5. The second kappa shape index (κ2) is 6.41. The maximum Gasteiger partial charge on any atom is 0.0995 e. The van der Waals surface area contributed by atoms with E-state index in [0.29, 0.717) is 11.1 Å². The van der Waals surface area contributed by atoms with Gasteiger partial charge in [0.1, 0.15) is 0 Å². The number of hydrogen-bond donors (Lipinski definition) is 0. The lowest BCUT2D eigenvalue weighted by atomic mass is 9.94. The summed E-state index contributed by atoms with van der Waals surface area (Å²) >= 11 is 0. The van der Waals surface area contributed by atoms with Crippen LogP contribution in [0.2, 0.25) is 0 Å². The molecule has 24 heavy (non-hydrogen) atoms. The van der Waals surface area contributed by atoms with Crippen LogP contribution in [0.25, 0.3) is 22.3 Å². The van der Waals surface area contributed by atoms with Crippen molar-refractivity contribution in [3.63, 3.8) is 0 Å². The zero-order valence-corrected chi connectivity index (χ0v) is 13.7. The molecule has 2 heteroatoms. The Hall–Kier alpha value is -3.36. The summed E-state index contributed by atoms with van der Waals surface area (Å²) in [5, 5.41) is 18.5. The highest BCUT2D eigenvalue weighted by Gasteiger charge is 2.08. The molecule has 0 unspecified atom stereocenters. The Morgan fingerprint density at radius 1 is 0.583 bits per heavy atom. The molecule has 0 aliphatic carbocycles. The van der Waals surface area contributed by atoms with E-state index in [0.717, 1.165) is 22.3 Å². The highest BCUT2D eigenvalue weighted by atomic mass is 14.3. The summed E-state index contributed by atoms with van der Waals surface area (Å²) in [6.07, 6.45) is 0. The molecule has 0 saturated heterocycles. The van der Waals surface area contributed by atoms with Gasteiger partial charge in [-0.05, 0) is 53.8 Å². The predicted octanol–water partition coefficient (Wildman–Crippen LogP) is 5.38. The first-order chi connectivity index (χ1) is 11.6. The minimum absolute atomic E-state index is 0.548. The SMILES string of the molecule is Cc1ccc(-c2ccc(-c3cc(C#N)c(C)c(C#N)c3)cc2)cc1. The molecule has 0 aliphatic heterocycles. The molecular formula is C22H16N2. The van der Waals surface area contributed by atoms with Crippen molar-refractivity contribution in [3.05, 3.63) is 82.9 Å². The van der Waals surface area contributed by atoms with Crippen molar-refractivity contribution in [3.8, 4) is 34.4 Å². The molecule has 0 fully saturated rings. The molecular weight excluding hydrogens is 292 g/mol. The molecule has 0 N–H and O–H groups in total. The largest absolute Gasteiger partial charge is 0.192 e. The molecule has 0 saturated carbocycles. The van der Waals surface area contributed by atoms with Crippen molar-refractivity contribution in [1.82, 2.24) is 0 Å². The zero-order valence-electron chi connectivity index (χ0n) is 13.7. The smallest absolute Gasteiger partial charge is 0.0995 e. The fourth-order valence-corrected chi connectivity index (χ4v) is 2.71. The Bertz CT molecular complexity index is 931. The molecule has 2 nitrogen and oxygen atoms in total. The van der Waals surface area contributed by atoms with Gasteiger partial charge >= 0.3 is 0 Å². The highest BCUT2D eigenvalue weighted by Crippen LogP contribution is 2.28. The van der Waals surface area contributed by atoms with Gasteiger partial charge in [0.05, 0.1) is 23.3 Å². The van der Waals surface area contributed by atoms with Crippen LogP contribution in [0.3, 0.4) is 0 Å². The van der Waals surface area contributed by atoms with Crippen molar-refractivity contribution in [1.29, 1.82) is 10.5 Å². The van der Waals surface area contributed by atoms with Crippen LogP contribution in [-0.2, 0) is 0 Å². The zero-order chi connectivity index (χ0) is 17.1. The summed E-state index contributed by atoms with van der Waals surface area (Å²) in [5.74, 6) is 0. The van der Waals surface area contributed by atoms with E-state index in [1.54, 1.807) is 6.92 Å². The van der Waals surface area contributed by atoms with Gasteiger partial charge < -0.3 is 0 Å². The summed E-state index contributed by atoms with van der Waals surface area (Å²) in [6, 6.07) is 24.6. The topological polar surface area (TPSA) is 47.6 Å². The first-order valence-corrected chi connectivity index (χ1v) is 7.74. The van der Waals surface area contributed by atoms with E-state index in [9.17, 15) is 10.5 Å². The highest BCUT2D eigenvalue weighted by molar-refractivity contribution is 5.73. The van der Waals surface area contributed by atoms with Gasteiger partial charge in [0.2, 0.25) is 0 Å². The Morgan fingerprint density at radius 2 is 0.958 bits per heavy atom. The van der Waals surface area contributed by atoms with Gasteiger partial charge in [-0.15, -0.1) is 0 Å². The van der Waals surface area contributed by atoms with Crippen LogP contribution in [0.4, 0.5) is 0 Å². The summed E-state index contributed by atoms with van der Waals surface area (Å²) in [4.78, 5) is 0. The maximum atomic E-state index is 9.27. The van der Waals surface area contributed by atoms with E-state index in [1.165, 1.54) is 11.1 Å². The average molecular weight is 308 g/mol. The molecule has 0 aromatic heterocycles. The van der Waals surface area contributed by atoms with E-state index in [-0.39, 0.29) is 0 Å². The molecule has 0 heterocycles. The standard InChI is InChI=1S/C22H16N2/c1-15-3-5-17(6-4-15)18-7-9-19(10-8-18)20-11-21(13-23)16(2)22(12-20)14-24/h3-12H,1-2H3. The lowest BCUT2D eigenvalue weighted by Crippen LogP contribution is -1.91. The van der Waals surface area contributed by atoms with Crippen LogP contribution in [0.15, 0.2) is 60.7 Å². The molecule has 0 radical (unpaired) electrons. The summed E-state index contributed by atoms with van der Waals surface area (Å²) in [6.45, 7) is 3.88. The predicted molar refractivity (Wildman–Crippen MR) is 96.2 cm³/mol. The van der Waals surface area contributed by atoms with Gasteiger partial charge in [-0.2, -0.15) is 10.5 Å². The number of nitrogens with zero attached hydrogens (tertiary/aromatic N) is 2. The molecule has 0 bridgehead atoms. The van der Waals surface area contributed by atoms with Crippen molar-refractivity contribution in [2.45, 2.75) is 13.8 Å². The van der Waals surface area contributed by atoms with Crippen molar-refractivity contribution >= 4 is 0 Å². The molecule has 3 aromatic rings. The third kappa shape index (κ3) is 2.91. The quantitative estimate of drug-likeness (QED) is 0.638. The summed E-state index contributed by atoms with van der Waals surface area (Å²) < 4.78 is 0. The first-order valence-electron chi connectivity index (χ1n) is 7.74. The Kier molecular flexibility index (Phi) is 4.15. The van der Waals surface area contributed by atoms with Crippen LogP contribution in [-0.4, -0.2) is 0 Å². The van der Waals surface area contributed by atoms with Crippen LogP contribution in [0, 0.1) is 36.5 Å². The lowest BCUT2D eigenvalue weighted by Gasteiger charge is -2.08. The Balaban J connectivity index is 2.01. The van der Waals surface area contributed by atoms with Gasteiger partial charge in [-0.3, -0.25) is 0 Å². The lowest BCUT2D eigenvalue weighted by molar-refractivity contribution is 1.35. The molecule has 3 aromatic carbocycles. The van der Waals surface area contributed by atoms with Gasteiger partial charge in [0.25, 0.3) is 0 Å². The molecule has 3 rings (SSSR count). The van der Waals surface area contributed by atoms with Gasteiger partial charge in [0.15, 0.2) is 0 Å². The fraction of sp³-hybridized carbons (Fsp3) is 0.0909. The van der Waals surface area contributed by atoms with Crippen LogP contribution < -0.4 is 0 Å². The van der Waals surface area contributed by atoms with E-state index in [1.807, 2.05) is 24.3 Å². The summed E-state index contributed by atoms with van der Waals surface area (Å²) in [5.41, 5.74) is 7.28. The van der Waals surface area contributed by atoms with Crippen LogP contribution in [0.1, 0.15) is 22.3 Å². The van der Waals surface area contributed by atoms with E-state index in [4.69, 9.17) is 0 Å². The third-order valence-electron chi connectivity index (χ3n) is 4.25. The summed E-state index contributed by atoms with van der Waals surface area (Å²) in [7, 11) is 0. The fourth-order valence-electron chi connectivity index (χ4n) is 2.71. The number of nitriles is 2. The van der Waals surface area contributed by atoms with E-state index >= 15 is 0 Å². The molecule has 0 amide bonds. The van der Waals surface area contributed by atoms with Gasteiger partial charge in [-0.25, -0.2) is 0 Å². The minimum atomic E-state index is 0.548. The Morgan fingerprint density at radius 3 is 1.38 bits per heavy atom. The van der Waals surface area contributed by atoms with Crippen LogP contribution in [0.5, 0.6) is 0 Å². The second-order valence-corrected chi connectivity index (χ2v) is 5.86. The number of benzene rings is 3. The number of hydrogen-bond acceptors (Lipinski definition) is 2. The molecule has 0 aliphatic rings. The van der Waals surface area contributed by atoms with Crippen molar-refractivity contribution < 1.29 is 0 Å². The van der Waals surface area contributed by atoms with Gasteiger partial charge in [-0.1, -0.05) is 54.1 Å². The monoisotopic (exact) mass is 308 g/mol. The third-order valence-corrected chi connectivity index (χ3v) is 4.25.